The van der Waals surface area contributed by atoms with Gasteiger partial charge in [0.1, 0.15) is 5.82 Å². The molecule has 0 aliphatic carbocycles. The molecule has 0 aromatic heterocycles. The van der Waals surface area contributed by atoms with Gasteiger partial charge in [0, 0.05) is 24.3 Å². The van der Waals surface area contributed by atoms with Crippen LogP contribution in [0.25, 0.3) is 0 Å². The van der Waals surface area contributed by atoms with E-state index in [4.69, 9.17) is 11.6 Å². The van der Waals surface area contributed by atoms with Gasteiger partial charge in [-0.25, -0.2) is 4.39 Å². The smallest absolute Gasteiger partial charge is 0.129 e. The summed E-state index contributed by atoms with van der Waals surface area (Å²) in [6.45, 7) is 4.31. The van der Waals surface area contributed by atoms with Crippen LogP contribution >= 0.6 is 11.6 Å². The molecular formula is C14H19ClFN. The second-order valence-electron chi connectivity index (χ2n) is 4.89. The summed E-state index contributed by atoms with van der Waals surface area (Å²) < 4.78 is 13.7. The number of nitrogens with zero attached hydrogens (tertiary/aromatic N) is 1. The van der Waals surface area contributed by atoms with Gasteiger partial charge in [0.2, 0.25) is 0 Å². The second-order valence-corrected chi connectivity index (χ2v) is 5.16. The van der Waals surface area contributed by atoms with Gasteiger partial charge in [0.25, 0.3) is 0 Å². The van der Waals surface area contributed by atoms with Gasteiger partial charge in [-0.05, 0) is 37.3 Å². The monoisotopic (exact) mass is 255 g/mol. The topological polar surface area (TPSA) is 3.24 Å². The molecule has 1 atom stereocenters. The highest BCUT2D eigenvalue weighted by molar-refractivity contribution is 6.17. The summed E-state index contributed by atoms with van der Waals surface area (Å²) >= 11 is 5.86. The quantitative estimate of drug-likeness (QED) is 0.717. The van der Waals surface area contributed by atoms with Crippen LogP contribution < -0.4 is 4.90 Å². The largest absolute Gasteiger partial charge is 0.371 e. The minimum atomic E-state index is -0.185. The van der Waals surface area contributed by atoms with E-state index >= 15 is 0 Å². The molecule has 94 valence electrons. The molecule has 1 heterocycles. The fourth-order valence-corrected chi connectivity index (χ4v) is 2.74. The Hall–Kier alpha value is -0.760. The SMILES string of the molecule is CC1CCCN(c2cccc(F)c2CCl)CC1. The lowest BCUT2D eigenvalue weighted by atomic mass is 10.0. The molecular weight excluding hydrogens is 237 g/mol. The first-order chi connectivity index (χ1) is 8.22. The highest BCUT2D eigenvalue weighted by atomic mass is 35.5. The summed E-state index contributed by atoms with van der Waals surface area (Å²) in [7, 11) is 0. The first-order valence-corrected chi connectivity index (χ1v) is 6.84. The summed E-state index contributed by atoms with van der Waals surface area (Å²) in [4.78, 5) is 2.28. The molecule has 2 rings (SSSR count). The normalized spacial score (nSPS) is 21.4. The lowest BCUT2D eigenvalue weighted by Gasteiger charge is -2.25. The highest BCUT2D eigenvalue weighted by Crippen LogP contribution is 2.28. The van der Waals surface area contributed by atoms with Gasteiger partial charge in [-0.2, -0.15) is 0 Å². The van der Waals surface area contributed by atoms with Crippen LogP contribution in [0.5, 0.6) is 0 Å². The fourth-order valence-electron chi connectivity index (χ4n) is 2.48. The molecule has 0 bridgehead atoms. The third kappa shape index (κ3) is 2.92. The first kappa shape index (κ1) is 12.7. The predicted octanol–water partition coefficient (Wildman–Crippen LogP) is 4.19. The van der Waals surface area contributed by atoms with Gasteiger partial charge >= 0.3 is 0 Å². The molecule has 1 aliphatic heterocycles. The molecule has 0 spiro atoms. The molecule has 1 unspecified atom stereocenters. The summed E-state index contributed by atoms with van der Waals surface area (Å²) in [5.41, 5.74) is 1.62. The zero-order chi connectivity index (χ0) is 12.3. The second kappa shape index (κ2) is 5.72. The summed E-state index contributed by atoms with van der Waals surface area (Å²) in [6.07, 6.45) is 3.62. The van der Waals surface area contributed by atoms with Crippen LogP contribution in [0.1, 0.15) is 31.7 Å². The van der Waals surface area contributed by atoms with Crippen LogP contribution in [0.4, 0.5) is 10.1 Å². The van der Waals surface area contributed by atoms with Gasteiger partial charge in [0.05, 0.1) is 5.88 Å². The van der Waals surface area contributed by atoms with E-state index < -0.39 is 0 Å². The van der Waals surface area contributed by atoms with Gasteiger partial charge in [-0.15, -0.1) is 11.6 Å². The van der Waals surface area contributed by atoms with Crippen LogP contribution in [0, 0.1) is 11.7 Å². The number of hydrogen-bond acceptors (Lipinski definition) is 1. The van der Waals surface area contributed by atoms with Crippen molar-refractivity contribution in [2.75, 3.05) is 18.0 Å². The standard InChI is InChI=1S/C14H19ClFN/c1-11-4-3-8-17(9-7-11)14-6-2-5-13(16)12(14)10-15/h2,5-6,11H,3-4,7-10H2,1H3. The van der Waals surface area contributed by atoms with Crippen molar-refractivity contribution in [2.24, 2.45) is 5.92 Å². The van der Waals surface area contributed by atoms with Crippen molar-refractivity contribution in [1.82, 2.24) is 0 Å². The Labute approximate surface area is 108 Å². The summed E-state index contributed by atoms with van der Waals surface area (Å²) in [6, 6.07) is 5.24. The van der Waals surface area contributed by atoms with E-state index in [0.29, 0.717) is 5.56 Å². The molecule has 0 N–H and O–H groups in total. The van der Waals surface area contributed by atoms with Crippen LogP contribution in [0.15, 0.2) is 18.2 Å². The average Bonchev–Trinajstić information content (AvgIpc) is 2.54. The minimum absolute atomic E-state index is 0.185. The molecule has 1 nitrogen and oxygen atoms in total. The molecule has 1 aromatic carbocycles. The number of anilines is 1. The molecule has 1 fully saturated rings. The Bertz CT molecular complexity index is 380. The molecule has 0 amide bonds. The fraction of sp³-hybridized carbons (Fsp3) is 0.571. The maximum Gasteiger partial charge on any atom is 0.129 e. The van der Waals surface area contributed by atoms with Crippen molar-refractivity contribution in [3.8, 4) is 0 Å². The van der Waals surface area contributed by atoms with Crippen molar-refractivity contribution < 1.29 is 4.39 Å². The Balaban J connectivity index is 2.23. The van der Waals surface area contributed by atoms with E-state index in [1.54, 1.807) is 6.07 Å². The zero-order valence-electron chi connectivity index (χ0n) is 10.3. The Morgan fingerprint density at radius 3 is 2.94 bits per heavy atom. The zero-order valence-corrected chi connectivity index (χ0v) is 11.0. The highest BCUT2D eigenvalue weighted by Gasteiger charge is 2.17. The van der Waals surface area contributed by atoms with Crippen molar-refractivity contribution in [3.63, 3.8) is 0 Å². The number of alkyl halides is 1. The Morgan fingerprint density at radius 2 is 2.18 bits per heavy atom. The van der Waals surface area contributed by atoms with Crippen LogP contribution in [-0.4, -0.2) is 13.1 Å². The van der Waals surface area contributed by atoms with E-state index in [2.05, 4.69) is 11.8 Å². The van der Waals surface area contributed by atoms with E-state index in [0.717, 1.165) is 24.7 Å². The molecule has 1 saturated heterocycles. The molecule has 0 saturated carbocycles. The minimum Gasteiger partial charge on any atom is -0.371 e. The number of halogens is 2. The maximum atomic E-state index is 13.7. The van der Waals surface area contributed by atoms with Gasteiger partial charge < -0.3 is 4.90 Å². The van der Waals surface area contributed by atoms with Crippen molar-refractivity contribution in [2.45, 2.75) is 32.1 Å². The summed E-state index contributed by atoms with van der Waals surface area (Å²) in [5.74, 6) is 0.830. The summed E-state index contributed by atoms with van der Waals surface area (Å²) in [5, 5.41) is 0. The van der Waals surface area contributed by atoms with Crippen LogP contribution in [0.2, 0.25) is 0 Å². The van der Waals surface area contributed by atoms with E-state index in [9.17, 15) is 4.39 Å². The molecule has 17 heavy (non-hydrogen) atoms. The van der Waals surface area contributed by atoms with Crippen molar-refractivity contribution in [3.05, 3.63) is 29.6 Å². The van der Waals surface area contributed by atoms with E-state index in [1.807, 2.05) is 6.07 Å². The van der Waals surface area contributed by atoms with Crippen LogP contribution in [0.3, 0.4) is 0 Å². The lowest BCUT2D eigenvalue weighted by molar-refractivity contribution is 0.521. The van der Waals surface area contributed by atoms with Crippen LogP contribution in [-0.2, 0) is 5.88 Å². The predicted molar refractivity (Wildman–Crippen MR) is 71.2 cm³/mol. The number of rotatable bonds is 2. The van der Waals surface area contributed by atoms with Crippen molar-refractivity contribution in [1.29, 1.82) is 0 Å². The van der Waals surface area contributed by atoms with E-state index in [1.165, 1.54) is 25.3 Å². The number of hydrogen-bond donors (Lipinski definition) is 0. The molecule has 1 aliphatic rings. The van der Waals surface area contributed by atoms with Crippen molar-refractivity contribution >= 4 is 17.3 Å². The lowest BCUT2D eigenvalue weighted by Crippen LogP contribution is -2.25. The third-order valence-corrected chi connectivity index (χ3v) is 3.85. The van der Waals surface area contributed by atoms with Gasteiger partial charge in [-0.3, -0.25) is 0 Å². The Kier molecular flexibility index (Phi) is 4.27. The van der Waals surface area contributed by atoms with Gasteiger partial charge in [-0.1, -0.05) is 13.0 Å². The molecule has 3 heteroatoms. The molecule has 1 aromatic rings. The van der Waals surface area contributed by atoms with E-state index in [-0.39, 0.29) is 11.7 Å². The number of benzene rings is 1. The Morgan fingerprint density at radius 1 is 1.35 bits per heavy atom. The third-order valence-electron chi connectivity index (χ3n) is 3.59. The average molecular weight is 256 g/mol. The maximum absolute atomic E-state index is 13.7. The first-order valence-electron chi connectivity index (χ1n) is 6.30. The molecule has 0 radical (unpaired) electrons. The van der Waals surface area contributed by atoms with Gasteiger partial charge in [0.15, 0.2) is 0 Å².